The number of alkyl carbamates (subject to hydrolysis) is 1. The molecule has 190 valence electrons. The van der Waals surface area contributed by atoms with E-state index in [2.05, 4.69) is 26.0 Å². The zero-order chi connectivity index (χ0) is 26.3. The first kappa shape index (κ1) is 25.2. The Balaban J connectivity index is 1.52. The van der Waals surface area contributed by atoms with E-state index in [-0.39, 0.29) is 17.0 Å². The molecule has 0 bridgehead atoms. The maximum atomic E-state index is 15.2. The number of hydrogen-bond acceptors (Lipinski definition) is 6. The Labute approximate surface area is 207 Å². The molecule has 2 N–H and O–H groups in total. The van der Waals surface area contributed by atoms with Crippen molar-refractivity contribution in [2.75, 3.05) is 0 Å². The van der Waals surface area contributed by atoms with Gasteiger partial charge in [-0.15, -0.1) is 10.2 Å². The summed E-state index contributed by atoms with van der Waals surface area (Å²) in [6.45, 7) is 6.85. The molecule has 1 saturated carbocycles. The second-order valence-corrected chi connectivity index (χ2v) is 9.91. The lowest BCUT2D eigenvalue weighted by molar-refractivity contribution is -0.124. The highest BCUT2D eigenvalue weighted by Gasteiger charge is 2.52. The minimum atomic E-state index is -1.06. The molecule has 1 atom stereocenters. The number of rotatable bonds is 6. The molecule has 1 aromatic heterocycles. The molecule has 2 aromatic carbocycles. The average molecular weight is 499 g/mol. The molecule has 9 nitrogen and oxygen atoms in total. The number of benzene rings is 2. The number of halogens is 2. The summed E-state index contributed by atoms with van der Waals surface area (Å²) in [5.74, 6) is -1.46. The van der Waals surface area contributed by atoms with Crippen LogP contribution in [0.15, 0.2) is 36.4 Å². The third-order valence-electron chi connectivity index (χ3n) is 5.80. The van der Waals surface area contributed by atoms with E-state index in [0.717, 1.165) is 0 Å². The maximum absolute atomic E-state index is 15.2. The maximum Gasteiger partial charge on any atom is 0.408 e. The number of nitrogens with zero attached hydrogens (tertiary/aromatic N) is 4. The van der Waals surface area contributed by atoms with Crippen molar-refractivity contribution in [3.05, 3.63) is 53.6 Å². The summed E-state index contributed by atoms with van der Waals surface area (Å²) in [6.07, 6.45) is 0.248. The van der Waals surface area contributed by atoms with Gasteiger partial charge in [-0.2, -0.15) is 4.80 Å². The summed E-state index contributed by atoms with van der Waals surface area (Å²) in [6, 6.07) is 8.21. The van der Waals surface area contributed by atoms with E-state index in [9.17, 15) is 14.0 Å². The highest BCUT2D eigenvalue weighted by atomic mass is 19.1. The molecule has 4 rings (SSSR count). The largest absolute Gasteiger partial charge is 0.444 e. The quantitative estimate of drug-likeness (QED) is 0.530. The van der Waals surface area contributed by atoms with Gasteiger partial charge in [0, 0.05) is 5.56 Å². The monoisotopic (exact) mass is 498 g/mol. The predicted octanol–water partition coefficient (Wildman–Crippen LogP) is 4.06. The van der Waals surface area contributed by atoms with Gasteiger partial charge in [0.05, 0.1) is 18.7 Å². The first-order valence-electron chi connectivity index (χ1n) is 11.5. The second-order valence-electron chi connectivity index (χ2n) is 9.91. The summed E-state index contributed by atoms with van der Waals surface area (Å²) < 4.78 is 35.1. The Hall–Kier alpha value is -3.89. The van der Waals surface area contributed by atoms with E-state index in [0.29, 0.717) is 24.0 Å². The van der Waals surface area contributed by atoms with Crippen molar-refractivity contribution in [3.8, 4) is 22.5 Å². The Morgan fingerprint density at radius 1 is 1.14 bits per heavy atom. The summed E-state index contributed by atoms with van der Waals surface area (Å²) in [5, 5.41) is 17.1. The Bertz CT molecular complexity index is 1310. The number of amides is 2. The number of hydrogen-bond donors (Lipinski definition) is 2. The van der Waals surface area contributed by atoms with Gasteiger partial charge in [0.15, 0.2) is 0 Å². The van der Waals surface area contributed by atoms with Crippen molar-refractivity contribution in [2.24, 2.45) is 7.05 Å². The summed E-state index contributed by atoms with van der Waals surface area (Å²) in [4.78, 5) is 26.2. The highest BCUT2D eigenvalue weighted by molar-refractivity contribution is 5.93. The van der Waals surface area contributed by atoms with Gasteiger partial charge < -0.3 is 15.4 Å². The SMILES string of the molecule is CC(NC(=O)C1(NC(=O)OC(C)(C)C)CC1)c1ccc(-c2cccc(F)c2-c2nnn(C)n2)cc1F. The van der Waals surface area contributed by atoms with Gasteiger partial charge in [-0.05, 0) is 69.0 Å². The third kappa shape index (κ3) is 5.34. The number of aromatic nitrogens is 4. The smallest absolute Gasteiger partial charge is 0.408 e. The lowest BCUT2D eigenvalue weighted by Gasteiger charge is -2.24. The molecular formula is C25H28F2N6O3. The molecular weight excluding hydrogens is 470 g/mol. The van der Waals surface area contributed by atoms with Crippen molar-refractivity contribution in [2.45, 2.75) is 57.7 Å². The zero-order valence-corrected chi connectivity index (χ0v) is 20.7. The van der Waals surface area contributed by atoms with Crippen LogP contribution in [0.4, 0.5) is 13.6 Å². The normalized spacial score (nSPS) is 15.2. The molecule has 1 fully saturated rings. The van der Waals surface area contributed by atoms with Crippen LogP contribution in [-0.2, 0) is 16.6 Å². The third-order valence-corrected chi connectivity index (χ3v) is 5.80. The van der Waals surface area contributed by atoms with Crippen LogP contribution in [0, 0.1) is 11.6 Å². The number of ether oxygens (including phenoxy) is 1. The highest BCUT2D eigenvalue weighted by Crippen LogP contribution is 2.37. The minimum Gasteiger partial charge on any atom is -0.444 e. The van der Waals surface area contributed by atoms with E-state index in [4.69, 9.17) is 4.74 Å². The van der Waals surface area contributed by atoms with E-state index in [1.807, 2.05) is 0 Å². The van der Waals surface area contributed by atoms with Crippen LogP contribution >= 0.6 is 0 Å². The standard InChI is InChI=1S/C25H28F2N6O3/c1-14(28-22(34)25(11-12-25)29-23(35)36-24(2,3)4)16-10-9-15(13-19(16)27)17-7-6-8-18(26)20(17)21-30-32-33(5)31-21/h6-10,13-14H,11-12H2,1-5H3,(H,28,34)(H,29,35). The van der Waals surface area contributed by atoms with Gasteiger partial charge in [-0.1, -0.05) is 24.3 Å². The molecule has 0 spiro atoms. The fourth-order valence-corrected chi connectivity index (χ4v) is 3.87. The first-order valence-corrected chi connectivity index (χ1v) is 11.5. The van der Waals surface area contributed by atoms with Crippen LogP contribution in [0.25, 0.3) is 22.5 Å². The number of nitrogens with one attached hydrogen (secondary N) is 2. The number of carbonyl (C=O) groups excluding carboxylic acids is 2. The molecule has 1 aliphatic carbocycles. The topological polar surface area (TPSA) is 111 Å². The summed E-state index contributed by atoms with van der Waals surface area (Å²) in [7, 11) is 1.57. The van der Waals surface area contributed by atoms with Crippen LogP contribution in [0.5, 0.6) is 0 Å². The molecule has 0 saturated heterocycles. The van der Waals surface area contributed by atoms with Gasteiger partial charge >= 0.3 is 6.09 Å². The van der Waals surface area contributed by atoms with Crippen LogP contribution in [0.2, 0.25) is 0 Å². The fraction of sp³-hybridized carbons (Fsp3) is 0.400. The summed E-state index contributed by atoms with van der Waals surface area (Å²) >= 11 is 0. The van der Waals surface area contributed by atoms with Gasteiger partial charge in [0.25, 0.3) is 0 Å². The minimum absolute atomic E-state index is 0.0861. The Morgan fingerprint density at radius 2 is 1.86 bits per heavy atom. The molecule has 2 amide bonds. The van der Waals surface area contributed by atoms with E-state index in [1.54, 1.807) is 46.9 Å². The number of carbonyl (C=O) groups is 2. The predicted molar refractivity (Wildman–Crippen MR) is 127 cm³/mol. The Kier molecular flexibility index (Phi) is 6.50. The molecule has 1 unspecified atom stereocenters. The van der Waals surface area contributed by atoms with Crippen LogP contribution < -0.4 is 10.6 Å². The molecule has 3 aromatic rings. The van der Waals surface area contributed by atoms with Gasteiger partial charge in [-0.3, -0.25) is 4.79 Å². The Morgan fingerprint density at radius 3 is 2.44 bits per heavy atom. The summed E-state index contributed by atoms with van der Waals surface area (Å²) in [5.41, 5.74) is -0.573. The number of tetrazole rings is 1. The van der Waals surface area contributed by atoms with Gasteiger partial charge in [0.2, 0.25) is 11.7 Å². The van der Waals surface area contributed by atoms with Crippen molar-refractivity contribution in [3.63, 3.8) is 0 Å². The van der Waals surface area contributed by atoms with Gasteiger partial charge in [-0.25, -0.2) is 13.6 Å². The van der Waals surface area contributed by atoms with E-state index < -0.39 is 40.8 Å². The van der Waals surface area contributed by atoms with E-state index >= 15 is 4.39 Å². The van der Waals surface area contributed by atoms with E-state index in [1.165, 1.54) is 29.1 Å². The fourth-order valence-electron chi connectivity index (χ4n) is 3.87. The first-order chi connectivity index (χ1) is 16.9. The lowest BCUT2D eigenvalue weighted by Crippen LogP contribution is -2.50. The molecule has 0 aliphatic heterocycles. The lowest BCUT2D eigenvalue weighted by atomic mass is 9.96. The van der Waals surface area contributed by atoms with Crippen LogP contribution in [-0.4, -0.2) is 43.3 Å². The molecule has 1 aliphatic rings. The molecule has 36 heavy (non-hydrogen) atoms. The van der Waals surface area contributed by atoms with Gasteiger partial charge in [0.1, 0.15) is 22.8 Å². The second kappa shape index (κ2) is 9.29. The average Bonchev–Trinajstić information content (AvgIpc) is 3.43. The van der Waals surface area contributed by atoms with Crippen LogP contribution in [0.3, 0.4) is 0 Å². The molecule has 0 radical (unpaired) electrons. The molecule has 1 heterocycles. The number of aryl methyl sites for hydroxylation is 1. The molecule has 11 heteroatoms. The van der Waals surface area contributed by atoms with Crippen molar-refractivity contribution in [1.29, 1.82) is 0 Å². The van der Waals surface area contributed by atoms with Crippen molar-refractivity contribution >= 4 is 12.0 Å². The van der Waals surface area contributed by atoms with Crippen molar-refractivity contribution in [1.82, 2.24) is 30.8 Å². The van der Waals surface area contributed by atoms with Crippen LogP contribution in [0.1, 0.15) is 52.1 Å². The zero-order valence-electron chi connectivity index (χ0n) is 20.7. The van der Waals surface area contributed by atoms with Crippen molar-refractivity contribution < 1.29 is 23.1 Å².